The van der Waals surface area contributed by atoms with E-state index >= 15 is 0 Å². The number of pyridine rings is 1. The van der Waals surface area contributed by atoms with Crippen molar-refractivity contribution >= 4 is 16.5 Å². The molecule has 4 nitrogen and oxygen atoms in total. The predicted molar refractivity (Wildman–Crippen MR) is 126 cm³/mol. The van der Waals surface area contributed by atoms with Crippen molar-refractivity contribution < 1.29 is 0 Å². The Kier molecular flexibility index (Phi) is 6.60. The van der Waals surface area contributed by atoms with Crippen LogP contribution in [0.25, 0.3) is 0 Å². The van der Waals surface area contributed by atoms with Gasteiger partial charge in [0.25, 0.3) is 0 Å². The van der Waals surface area contributed by atoms with E-state index in [1.807, 2.05) is 12.3 Å². The molecule has 1 aliphatic rings. The number of rotatable bonds is 8. The van der Waals surface area contributed by atoms with Gasteiger partial charge >= 0.3 is 0 Å². The van der Waals surface area contributed by atoms with Crippen molar-refractivity contribution in [2.45, 2.75) is 38.1 Å². The lowest BCUT2D eigenvalue weighted by atomic mass is 9.70. The molecule has 0 atom stereocenters. The molecule has 1 aliphatic heterocycles. The van der Waals surface area contributed by atoms with E-state index in [0.29, 0.717) is 0 Å². The van der Waals surface area contributed by atoms with Gasteiger partial charge in [0.2, 0.25) is 0 Å². The molecule has 0 aliphatic carbocycles. The molecule has 30 heavy (non-hydrogen) atoms. The smallest absolute Gasteiger partial charge is 0.183 e. The molecule has 0 amide bonds. The van der Waals surface area contributed by atoms with E-state index < -0.39 is 0 Å². The standard InChI is InChI=1S/C25H30N4S/c1-3-14-26-24-28-23(19-30-24)25(21-8-6-5-7-9-21)12-15-29(16-13-25)18-22-11-10-20(4-2)17-27-22/h3,5-11,17,19H,1,4,12-16,18H2,2H3,(H,26,28). The van der Waals surface area contributed by atoms with Crippen molar-refractivity contribution in [2.24, 2.45) is 0 Å². The summed E-state index contributed by atoms with van der Waals surface area (Å²) in [6.45, 7) is 9.69. The van der Waals surface area contributed by atoms with Crippen LogP contribution in [0.4, 0.5) is 5.13 Å². The Bertz CT molecular complexity index is 941. The second-order valence-electron chi connectivity index (χ2n) is 7.94. The fraction of sp³-hybridized carbons (Fsp3) is 0.360. The van der Waals surface area contributed by atoms with Crippen LogP contribution in [0.2, 0.25) is 0 Å². The monoisotopic (exact) mass is 418 g/mol. The van der Waals surface area contributed by atoms with Crippen LogP contribution in [0.15, 0.2) is 66.7 Å². The van der Waals surface area contributed by atoms with Crippen LogP contribution in [0, 0.1) is 0 Å². The minimum Gasteiger partial charge on any atom is -0.358 e. The van der Waals surface area contributed by atoms with E-state index in [4.69, 9.17) is 4.98 Å². The van der Waals surface area contributed by atoms with Gasteiger partial charge in [0, 0.05) is 30.1 Å². The van der Waals surface area contributed by atoms with Gasteiger partial charge in [-0.1, -0.05) is 49.4 Å². The average Bonchev–Trinajstić information content (AvgIpc) is 3.29. The maximum atomic E-state index is 4.98. The van der Waals surface area contributed by atoms with E-state index in [9.17, 15) is 0 Å². The molecule has 2 aromatic heterocycles. The summed E-state index contributed by atoms with van der Waals surface area (Å²) < 4.78 is 0. The molecule has 0 saturated carbocycles. The molecule has 4 rings (SSSR count). The highest BCUT2D eigenvalue weighted by Gasteiger charge is 2.39. The zero-order valence-electron chi connectivity index (χ0n) is 17.7. The fourth-order valence-corrected chi connectivity index (χ4v) is 5.08. The summed E-state index contributed by atoms with van der Waals surface area (Å²) in [5.74, 6) is 0. The maximum absolute atomic E-state index is 4.98. The highest BCUT2D eigenvalue weighted by atomic mass is 32.1. The van der Waals surface area contributed by atoms with Gasteiger partial charge in [-0.25, -0.2) is 4.98 Å². The Morgan fingerprint density at radius 2 is 1.97 bits per heavy atom. The van der Waals surface area contributed by atoms with E-state index in [2.05, 4.69) is 76.5 Å². The first kappa shape index (κ1) is 20.8. The number of likely N-dealkylation sites (tertiary alicyclic amines) is 1. The Morgan fingerprint density at radius 3 is 2.63 bits per heavy atom. The first-order valence-electron chi connectivity index (χ1n) is 10.8. The molecule has 0 unspecified atom stereocenters. The largest absolute Gasteiger partial charge is 0.358 e. The van der Waals surface area contributed by atoms with Crippen molar-refractivity contribution in [3.63, 3.8) is 0 Å². The van der Waals surface area contributed by atoms with Crippen molar-refractivity contribution in [1.29, 1.82) is 0 Å². The van der Waals surface area contributed by atoms with Crippen molar-refractivity contribution in [3.8, 4) is 0 Å². The van der Waals surface area contributed by atoms with Gasteiger partial charge in [0.1, 0.15) is 0 Å². The van der Waals surface area contributed by atoms with Crippen LogP contribution in [-0.4, -0.2) is 34.5 Å². The second kappa shape index (κ2) is 9.54. The highest BCUT2D eigenvalue weighted by Crippen LogP contribution is 2.42. The number of hydrogen-bond acceptors (Lipinski definition) is 5. The summed E-state index contributed by atoms with van der Waals surface area (Å²) in [4.78, 5) is 12.2. The van der Waals surface area contributed by atoms with Gasteiger partial charge in [-0.2, -0.15) is 0 Å². The van der Waals surface area contributed by atoms with E-state index in [0.717, 1.165) is 56.3 Å². The first-order chi connectivity index (χ1) is 14.7. The Balaban J connectivity index is 1.52. The fourth-order valence-electron chi connectivity index (χ4n) is 4.26. The average molecular weight is 419 g/mol. The zero-order chi connectivity index (χ0) is 20.8. The zero-order valence-corrected chi connectivity index (χ0v) is 18.5. The quantitative estimate of drug-likeness (QED) is 0.505. The third-order valence-electron chi connectivity index (χ3n) is 6.11. The van der Waals surface area contributed by atoms with Gasteiger partial charge in [0.15, 0.2) is 5.13 Å². The van der Waals surface area contributed by atoms with E-state index in [1.54, 1.807) is 11.3 Å². The molecule has 1 N–H and O–H groups in total. The predicted octanol–water partition coefficient (Wildman–Crippen LogP) is 5.28. The molecule has 0 radical (unpaired) electrons. The van der Waals surface area contributed by atoms with Crippen LogP contribution in [0.3, 0.4) is 0 Å². The number of aryl methyl sites for hydroxylation is 1. The summed E-state index contributed by atoms with van der Waals surface area (Å²) in [6, 6.07) is 15.3. The molecule has 0 spiro atoms. The number of aromatic nitrogens is 2. The lowest BCUT2D eigenvalue weighted by Gasteiger charge is -2.41. The molecule has 0 bridgehead atoms. The number of anilines is 1. The van der Waals surface area contributed by atoms with Crippen LogP contribution < -0.4 is 5.32 Å². The molecular weight excluding hydrogens is 388 g/mol. The molecule has 5 heteroatoms. The topological polar surface area (TPSA) is 41.1 Å². The molecular formula is C25H30N4S. The minimum absolute atomic E-state index is 0.0259. The van der Waals surface area contributed by atoms with Gasteiger partial charge in [-0.3, -0.25) is 9.88 Å². The van der Waals surface area contributed by atoms with Crippen LogP contribution in [0.5, 0.6) is 0 Å². The van der Waals surface area contributed by atoms with Crippen LogP contribution >= 0.6 is 11.3 Å². The van der Waals surface area contributed by atoms with E-state index in [1.165, 1.54) is 16.8 Å². The number of thiazole rings is 1. The van der Waals surface area contributed by atoms with Crippen LogP contribution in [-0.2, 0) is 18.4 Å². The lowest BCUT2D eigenvalue weighted by molar-refractivity contribution is 0.169. The maximum Gasteiger partial charge on any atom is 0.183 e. The third-order valence-corrected chi connectivity index (χ3v) is 6.91. The molecule has 1 saturated heterocycles. The van der Waals surface area contributed by atoms with Gasteiger partial charge in [0.05, 0.1) is 11.4 Å². The normalized spacial score (nSPS) is 16.3. The Labute approximate surface area is 183 Å². The summed E-state index contributed by atoms with van der Waals surface area (Å²) in [5.41, 5.74) is 4.99. The molecule has 1 aromatic carbocycles. The summed E-state index contributed by atoms with van der Waals surface area (Å²) in [5, 5.41) is 6.55. The number of nitrogens with zero attached hydrogens (tertiary/aromatic N) is 3. The second-order valence-corrected chi connectivity index (χ2v) is 8.80. The molecule has 3 aromatic rings. The Morgan fingerprint density at radius 1 is 1.17 bits per heavy atom. The first-order valence-corrected chi connectivity index (χ1v) is 11.6. The van der Waals surface area contributed by atoms with Crippen molar-refractivity contribution in [2.75, 3.05) is 25.0 Å². The number of piperidine rings is 1. The van der Waals surface area contributed by atoms with E-state index in [-0.39, 0.29) is 5.41 Å². The lowest BCUT2D eigenvalue weighted by Crippen LogP contribution is -2.43. The number of benzene rings is 1. The SMILES string of the molecule is C=CCNc1nc(C2(c3ccccc3)CCN(Cc3ccc(CC)cn3)CC2)cs1. The number of hydrogen-bond donors (Lipinski definition) is 1. The van der Waals surface area contributed by atoms with Crippen molar-refractivity contribution in [1.82, 2.24) is 14.9 Å². The van der Waals surface area contributed by atoms with Crippen molar-refractivity contribution in [3.05, 3.63) is 89.2 Å². The summed E-state index contributed by atoms with van der Waals surface area (Å²) >= 11 is 1.69. The molecule has 1 fully saturated rings. The van der Waals surface area contributed by atoms with Crippen LogP contribution in [0.1, 0.15) is 42.3 Å². The van der Waals surface area contributed by atoms with Gasteiger partial charge < -0.3 is 5.32 Å². The minimum atomic E-state index is -0.0259. The third kappa shape index (κ3) is 4.47. The highest BCUT2D eigenvalue weighted by molar-refractivity contribution is 7.13. The number of nitrogens with one attached hydrogen (secondary N) is 1. The van der Waals surface area contributed by atoms with Gasteiger partial charge in [-0.15, -0.1) is 17.9 Å². The summed E-state index contributed by atoms with van der Waals surface area (Å²) in [7, 11) is 0. The Hall–Kier alpha value is -2.50. The molecule has 156 valence electrons. The molecule has 3 heterocycles. The van der Waals surface area contributed by atoms with Gasteiger partial charge in [-0.05, 0) is 49.5 Å². The summed E-state index contributed by atoms with van der Waals surface area (Å²) in [6.07, 6.45) is 7.05.